The fraction of sp³-hybridized carbons (Fsp3) is 0.300. The maximum Gasteiger partial charge on any atom is 0.244 e. The Balaban J connectivity index is 3.18. The van der Waals surface area contributed by atoms with E-state index in [1.165, 1.54) is 20.0 Å². The molecule has 0 aromatic heterocycles. The largest absolute Gasteiger partial charge is 0.399 e. The van der Waals surface area contributed by atoms with Crippen LogP contribution in [0, 0.1) is 5.82 Å². The van der Waals surface area contributed by atoms with E-state index in [0.29, 0.717) is 0 Å². The van der Waals surface area contributed by atoms with Crippen molar-refractivity contribution in [1.29, 1.82) is 0 Å². The third kappa shape index (κ3) is 3.64. The zero-order valence-corrected chi connectivity index (χ0v) is 12.6. The highest BCUT2D eigenvalue weighted by atomic mass is 79.9. The molecule has 1 amide bonds. The van der Waals surface area contributed by atoms with Crippen molar-refractivity contribution in [3.8, 4) is 0 Å². The van der Waals surface area contributed by atoms with Crippen molar-refractivity contribution < 1.29 is 17.6 Å². The monoisotopic (exact) mass is 353 g/mol. The molecule has 0 spiro atoms. The van der Waals surface area contributed by atoms with Gasteiger partial charge in [-0.15, -0.1) is 0 Å². The molecule has 106 valence electrons. The normalized spacial score (nSPS) is 13.1. The number of sulfonamides is 1. The number of nitrogens with two attached hydrogens (primary N) is 1. The zero-order chi connectivity index (χ0) is 14.8. The molecule has 0 saturated carbocycles. The van der Waals surface area contributed by atoms with Crippen LogP contribution >= 0.6 is 15.9 Å². The summed E-state index contributed by atoms with van der Waals surface area (Å²) in [6.45, 7) is 1.34. The summed E-state index contributed by atoms with van der Waals surface area (Å²) in [4.78, 5) is 10.7. The number of benzene rings is 1. The molecule has 0 saturated heterocycles. The third-order valence-electron chi connectivity index (χ3n) is 2.28. The smallest absolute Gasteiger partial charge is 0.244 e. The molecule has 1 unspecified atom stereocenters. The lowest BCUT2D eigenvalue weighted by Crippen LogP contribution is -2.43. The second kappa shape index (κ2) is 5.85. The first-order valence-electron chi connectivity index (χ1n) is 5.17. The number of nitrogen functional groups attached to an aromatic ring is 1. The van der Waals surface area contributed by atoms with E-state index in [1.807, 2.05) is 0 Å². The van der Waals surface area contributed by atoms with Gasteiger partial charge in [-0.25, -0.2) is 12.8 Å². The lowest BCUT2D eigenvalue weighted by Gasteiger charge is -2.14. The van der Waals surface area contributed by atoms with Crippen molar-refractivity contribution in [3.05, 3.63) is 22.4 Å². The van der Waals surface area contributed by atoms with Crippen molar-refractivity contribution in [2.45, 2.75) is 17.9 Å². The number of hydrogen-bond donors (Lipinski definition) is 3. The minimum Gasteiger partial charge on any atom is -0.399 e. The fourth-order valence-electron chi connectivity index (χ4n) is 1.35. The van der Waals surface area contributed by atoms with Gasteiger partial charge in [-0.3, -0.25) is 4.79 Å². The van der Waals surface area contributed by atoms with Gasteiger partial charge in [-0.2, -0.15) is 4.72 Å². The number of nitrogens with one attached hydrogen (secondary N) is 2. The highest BCUT2D eigenvalue weighted by Gasteiger charge is 2.25. The number of amides is 1. The van der Waals surface area contributed by atoms with Gasteiger partial charge < -0.3 is 11.1 Å². The molecule has 0 aliphatic carbocycles. The van der Waals surface area contributed by atoms with Gasteiger partial charge in [0.1, 0.15) is 4.90 Å². The number of halogens is 2. The van der Waals surface area contributed by atoms with Gasteiger partial charge in [0.05, 0.1) is 10.5 Å². The molecule has 0 radical (unpaired) electrons. The maximum atomic E-state index is 13.8. The summed E-state index contributed by atoms with van der Waals surface area (Å²) in [5, 5.41) is 2.28. The van der Waals surface area contributed by atoms with Crippen LogP contribution in [0.1, 0.15) is 6.92 Å². The van der Waals surface area contributed by atoms with Gasteiger partial charge in [0.15, 0.2) is 5.82 Å². The summed E-state index contributed by atoms with van der Waals surface area (Å²) in [5.74, 6) is -1.50. The molecule has 0 aliphatic rings. The van der Waals surface area contributed by atoms with Gasteiger partial charge in [0, 0.05) is 12.7 Å². The topological polar surface area (TPSA) is 101 Å². The molecule has 0 bridgehead atoms. The van der Waals surface area contributed by atoms with E-state index in [4.69, 9.17) is 5.73 Å². The van der Waals surface area contributed by atoms with Gasteiger partial charge >= 0.3 is 0 Å². The summed E-state index contributed by atoms with van der Waals surface area (Å²) >= 11 is 2.87. The second-order valence-corrected chi connectivity index (χ2v) is 6.31. The number of rotatable bonds is 4. The SMILES string of the molecule is CNC(=O)C(C)NS(=O)(=O)c1cc(N)cc(Br)c1F. The Morgan fingerprint density at radius 3 is 2.58 bits per heavy atom. The number of carbonyl (C=O) groups is 1. The Labute approximate surface area is 118 Å². The fourth-order valence-corrected chi connectivity index (χ4v) is 3.29. The minimum atomic E-state index is -4.19. The standard InChI is InChI=1S/C10H13BrFN3O3S/c1-5(10(16)14-2)15-19(17,18)8-4-6(13)3-7(11)9(8)12/h3-5,15H,13H2,1-2H3,(H,14,16). The lowest BCUT2D eigenvalue weighted by molar-refractivity contribution is -0.121. The van der Waals surface area contributed by atoms with E-state index in [0.717, 1.165) is 6.07 Å². The Morgan fingerprint density at radius 1 is 1.47 bits per heavy atom. The molecule has 0 aliphatic heterocycles. The van der Waals surface area contributed by atoms with Gasteiger partial charge in [-0.1, -0.05) is 0 Å². The van der Waals surface area contributed by atoms with Crippen LogP contribution in [0.2, 0.25) is 0 Å². The van der Waals surface area contributed by atoms with Gasteiger partial charge in [0.2, 0.25) is 15.9 Å². The van der Waals surface area contributed by atoms with Gasteiger partial charge in [-0.05, 0) is 35.0 Å². The summed E-state index contributed by atoms with van der Waals surface area (Å²) in [6, 6.07) is 1.20. The van der Waals surface area contributed by atoms with Crippen LogP contribution in [0.3, 0.4) is 0 Å². The van der Waals surface area contributed by atoms with Crippen LogP contribution in [0.5, 0.6) is 0 Å². The first kappa shape index (κ1) is 15.9. The molecule has 9 heteroatoms. The molecule has 0 fully saturated rings. The Morgan fingerprint density at radius 2 is 2.05 bits per heavy atom. The number of carbonyl (C=O) groups excluding carboxylic acids is 1. The van der Waals surface area contributed by atoms with Crippen LogP contribution < -0.4 is 15.8 Å². The van der Waals surface area contributed by atoms with E-state index in [9.17, 15) is 17.6 Å². The Bertz CT molecular complexity index is 606. The predicted molar refractivity (Wildman–Crippen MR) is 72.4 cm³/mol. The molecule has 6 nitrogen and oxygen atoms in total. The highest BCUT2D eigenvalue weighted by Crippen LogP contribution is 2.26. The summed E-state index contributed by atoms with van der Waals surface area (Å²) in [7, 11) is -2.82. The van der Waals surface area contributed by atoms with Crippen molar-refractivity contribution >= 4 is 37.5 Å². The van der Waals surface area contributed by atoms with E-state index in [-0.39, 0.29) is 10.2 Å². The van der Waals surface area contributed by atoms with Crippen molar-refractivity contribution in [1.82, 2.24) is 10.0 Å². The molecule has 4 N–H and O–H groups in total. The molecule has 1 rings (SSSR count). The highest BCUT2D eigenvalue weighted by molar-refractivity contribution is 9.10. The van der Waals surface area contributed by atoms with Crippen LogP contribution in [0.25, 0.3) is 0 Å². The second-order valence-electron chi connectivity index (χ2n) is 3.77. The van der Waals surface area contributed by atoms with E-state index < -0.39 is 32.7 Å². The van der Waals surface area contributed by atoms with Crippen molar-refractivity contribution in [2.75, 3.05) is 12.8 Å². The number of anilines is 1. The first-order chi connectivity index (χ1) is 8.69. The average Bonchev–Trinajstić information content (AvgIpc) is 2.31. The molecular weight excluding hydrogens is 341 g/mol. The molecule has 1 atom stereocenters. The number of hydrogen-bond acceptors (Lipinski definition) is 4. The minimum absolute atomic E-state index is 0.0690. The molecular formula is C10H13BrFN3O3S. The number of likely N-dealkylation sites (N-methyl/N-ethyl adjacent to an activating group) is 1. The third-order valence-corrected chi connectivity index (χ3v) is 4.40. The van der Waals surface area contributed by atoms with Crippen LogP contribution in [0.4, 0.5) is 10.1 Å². The molecule has 1 aromatic carbocycles. The first-order valence-corrected chi connectivity index (χ1v) is 7.45. The summed E-state index contributed by atoms with van der Waals surface area (Å²) in [6.07, 6.45) is 0. The van der Waals surface area contributed by atoms with E-state index in [2.05, 4.69) is 26.0 Å². The maximum absolute atomic E-state index is 13.8. The van der Waals surface area contributed by atoms with E-state index >= 15 is 0 Å². The Kier molecular flexibility index (Phi) is 4.88. The predicted octanol–water partition coefficient (Wildman–Crippen LogP) is 0.583. The van der Waals surface area contributed by atoms with Crippen molar-refractivity contribution in [3.63, 3.8) is 0 Å². The van der Waals surface area contributed by atoms with Crippen LogP contribution in [0.15, 0.2) is 21.5 Å². The summed E-state index contributed by atoms with van der Waals surface area (Å²) < 4.78 is 39.7. The summed E-state index contributed by atoms with van der Waals surface area (Å²) in [5.41, 5.74) is 5.56. The van der Waals surface area contributed by atoms with E-state index in [1.54, 1.807) is 0 Å². The van der Waals surface area contributed by atoms with Crippen LogP contribution in [-0.2, 0) is 14.8 Å². The molecule has 1 aromatic rings. The van der Waals surface area contributed by atoms with Crippen LogP contribution in [-0.4, -0.2) is 27.4 Å². The molecule has 0 heterocycles. The average molecular weight is 354 g/mol. The Hall–Kier alpha value is -1.19. The quantitative estimate of drug-likeness (QED) is 0.689. The van der Waals surface area contributed by atoms with Gasteiger partial charge in [0.25, 0.3) is 0 Å². The lowest BCUT2D eigenvalue weighted by atomic mass is 10.3. The van der Waals surface area contributed by atoms with Crippen molar-refractivity contribution in [2.24, 2.45) is 0 Å². The molecule has 19 heavy (non-hydrogen) atoms. The zero-order valence-electron chi connectivity index (χ0n) is 10.2.